The Labute approximate surface area is 176 Å². The maximum Gasteiger partial charge on any atom is 0.261 e. The molecule has 30 heavy (non-hydrogen) atoms. The van der Waals surface area contributed by atoms with Crippen LogP contribution in [0.25, 0.3) is 16.5 Å². The molecule has 0 radical (unpaired) electrons. The molecule has 0 saturated carbocycles. The van der Waals surface area contributed by atoms with Gasteiger partial charge in [-0.15, -0.1) is 0 Å². The van der Waals surface area contributed by atoms with Gasteiger partial charge in [-0.2, -0.15) is 0 Å². The third kappa shape index (κ3) is 4.20. The SMILES string of the molecule is CC[C@H](Oc1cccc2ccccc12)C(=O)NCc1ccc(-n2ccnc2C)cc1. The summed E-state index contributed by atoms with van der Waals surface area (Å²) in [5.74, 6) is 1.56. The molecule has 0 spiro atoms. The van der Waals surface area contributed by atoms with E-state index in [9.17, 15) is 4.79 Å². The highest BCUT2D eigenvalue weighted by molar-refractivity contribution is 5.89. The highest BCUT2D eigenvalue weighted by Crippen LogP contribution is 2.26. The summed E-state index contributed by atoms with van der Waals surface area (Å²) in [6.07, 6.45) is 3.77. The van der Waals surface area contributed by atoms with Crippen LogP contribution < -0.4 is 10.1 Å². The van der Waals surface area contributed by atoms with Crippen LogP contribution in [0.2, 0.25) is 0 Å². The van der Waals surface area contributed by atoms with Crippen LogP contribution in [-0.2, 0) is 11.3 Å². The van der Waals surface area contributed by atoms with Crippen LogP contribution in [0.1, 0.15) is 24.7 Å². The normalized spacial score (nSPS) is 11.9. The van der Waals surface area contributed by atoms with Crippen molar-refractivity contribution in [1.82, 2.24) is 14.9 Å². The standard InChI is InChI=1S/C25H25N3O2/c1-3-23(30-24-10-6-8-20-7-4-5-9-22(20)24)25(29)27-17-19-11-13-21(14-12-19)28-16-15-26-18(28)2/h4-16,23H,3,17H2,1-2H3,(H,27,29)/t23-/m0/s1. The molecule has 5 heteroatoms. The number of carbonyl (C=O) groups excluding carboxylic acids is 1. The summed E-state index contributed by atoms with van der Waals surface area (Å²) >= 11 is 0. The van der Waals surface area contributed by atoms with Gasteiger partial charge in [-0.05, 0) is 42.5 Å². The number of aryl methyl sites for hydroxylation is 1. The van der Waals surface area contributed by atoms with Gasteiger partial charge in [0.1, 0.15) is 11.6 Å². The largest absolute Gasteiger partial charge is 0.480 e. The monoisotopic (exact) mass is 399 g/mol. The molecule has 5 nitrogen and oxygen atoms in total. The number of hydrogen-bond donors (Lipinski definition) is 1. The van der Waals surface area contributed by atoms with Gasteiger partial charge in [0.15, 0.2) is 6.10 Å². The highest BCUT2D eigenvalue weighted by atomic mass is 16.5. The van der Waals surface area contributed by atoms with Crippen LogP contribution in [0, 0.1) is 6.92 Å². The molecule has 0 aliphatic heterocycles. The van der Waals surface area contributed by atoms with Gasteiger partial charge in [-0.25, -0.2) is 4.98 Å². The Kier molecular flexibility index (Phi) is 5.80. The molecule has 4 aromatic rings. The van der Waals surface area contributed by atoms with Crippen LogP contribution >= 0.6 is 0 Å². The minimum Gasteiger partial charge on any atom is -0.480 e. The highest BCUT2D eigenvalue weighted by Gasteiger charge is 2.19. The molecule has 3 aromatic carbocycles. The molecule has 4 rings (SSSR count). The van der Waals surface area contributed by atoms with Crippen LogP contribution in [0.4, 0.5) is 0 Å². The lowest BCUT2D eigenvalue weighted by molar-refractivity contribution is -0.128. The Balaban J connectivity index is 1.40. The van der Waals surface area contributed by atoms with Crippen LogP contribution in [0.15, 0.2) is 79.1 Å². The molecule has 1 aromatic heterocycles. The summed E-state index contributed by atoms with van der Waals surface area (Å²) in [6, 6.07) is 22.0. The van der Waals surface area contributed by atoms with Gasteiger partial charge in [0.2, 0.25) is 0 Å². The van der Waals surface area contributed by atoms with Crippen LogP contribution in [0.5, 0.6) is 5.75 Å². The van der Waals surface area contributed by atoms with Gasteiger partial charge in [0, 0.05) is 30.0 Å². The number of hydrogen-bond acceptors (Lipinski definition) is 3. The molecule has 0 saturated heterocycles. The first kappa shape index (κ1) is 19.7. The second-order valence-electron chi connectivity index (χ2n) is 7.22. The van der Waals surface area contributed by atoms with E-state index in [1.807, 2.05) is 91.3 Å². The molecular formula is C25H25N3O2. The van der Waals surface area contributed by atoms with E-state index in [2.05, 4.69) is 10.3 Å². The average Bonchev–Trinajstić information content (AvgIpc) is 3.22. The maximum absolute atomic E-state index is 12.7. The van der Waals surface area contributed by atoms with Gasteiger partial charge in [0.25, 0.3) is 5.91 Å². The minimum atomic E-state index is -0.538. The van der Waals surface area contributed by atoms with Crippen molar-refractivity contribution in [2.24, 2.45) is 0 Å². The molecule has 0 bridgehead atoms. The molecule has 0 aliphatic carbocycles. The van der Waals surface area contributed by atoms with E-state index < -0.39 is 6.10 Å². The van der Waals surface area contributed by atoms with Gasteiger partial charge in [-0.3, -0.25) is 4.79 Å². The smallest absolute Gasteiger partial charge is 0.261 e. The molecule has 1 heterocycles. The van der Waals surface area contributed by atoms with E-state index in [0.29, 0.717) is 13.0 Å². The maximum atomic E-state index is 12.7. The molecule has 0 aliphatic rings. The van der Waals surface area contributed by atoms with Gasteiger partial charge >= 0.3 is 0 Å². The summed E-state index contributed by atoms with van der Waals surface area (Å²) < 4.78 is 8.11. The fraction of sp³-hybridized carbons (Fsp3) is 0.200. The van der Waals surface area contributed by atoms with Crippen molar-refractivity contribution in [3.8, 4) is 11.4 Å². The topological polar surface area (TPSA) is 56.1 Å². The second kappa shape index (κ2) is 8.82. The van der Waals surface area contributed by atoms with Crippen LogP contribution in [-0.4, -0.2) is 21.6 Å². The summed E-state index contributed by atoms with van der Waals surface area (Å²) in [5.41, 5.74) is 2.08. The Morgan fingerprint density at radius 1 is 1.07 bits per heavy atom. The third-order valence-electron chi connectivity index (χ3n) is 5.19. The molecule has 1 N–H and O–H groups in total. The van der Waals surface area contributed by atoms with E-state index in [-0.39, 0.29) is 5.91 Å². The van der Waals surface area contributed by atoms with Gasteiger partial charge in [0.05, 0.1) is 0 Å². The quantitative estimate of drug-likeness (QED) is 0.485. The average molecular weight is 399 g/mol. The van der Waals surface area contributed by atoms with E-state index in [0.717, 1.165) is 33.6 Å². The van der Waals surface area contributed by atoms with E-state index in [4.69, 9.17) is 4.74 Å². The zero-order valence-corrected chi connectivity index (χ0v) is 17.2. The third-order valence-corrected chi connectivity index (χ3v) is 5.19. The number of benzene rings is 3. The van der Waals surface area contributed by atoms with Crippen LogP contribution in [0.3, 0.4) is 0 Å². The second-order valence-corrected chi connectivity index (χ2v) is 7.22. The minimum absolute atomic E-state index is 0.111. The number of rotatable bonds is 7. The molecule has 0 fully saturated rings. The Bertz CT molecular complexity index is 1140. The summed E-state index contributed by atoms with van der Waals surface area (Å²) in [5, 5.41) is 5.11. The van der Waals surface area contributed by atoms with E-state index in [1.54, 1.807) is 6.20 Å². The molecule has 1 atom stereocenters. The summed E-state index contributed by atoms with van der Waals surface area (Å²) in [7, 11) is 0. The fourth-order valence-electron chi connectivity index (χ4n) is 3.50. The lowest BCUT2D eigenvalue weighted by Crippen LogP contribution is -2.37. The summed E-state index contributed by atoms with van der Waals surface area (Å²) in [6.45, 7) is 4.38. The van der Waals surface area contributed by atoms with Gasteiger partial charge in [-0.1, -0.05) is 55.5 Å². The van der Waals surface area contributed by atoms with Gasteiger partial charge < -0.3 is 14.6 Å². The lowest BCUT2D eigenvalue weighted by atomic mass is 10.1. The fourth-order valence-corrected chi connectivity index (χ4v) is 3.50. The Morgan fingerprint density at radius 2 is 1.83 bits per heavy atom. The van der Waals surface area contributed by atoms with Crippen molar-refractivity contribution < 1.29 is 9.53 Å². The van der Waals surface area contributed by atoms with E-state index in [1.165, 1.54) is 0 Å². The molecular weight excluding hydrogens is 374 g/mol. The number of nitrogens with one attached hydrogen (secondary N) is 1. The summed E-state index contributed by atoms with van der Waals surface area (Å²) in [4.78, 5) is 17.0. The lowest BCUT2D eigenvalue weighted by Gasteiger charge is -2.18. The number of imidazole rings is 1. The van der Waals surface area contributed by atoms with Crippen molar-refractivity contribution in [3.63, 3.8) is 0 Å². The zero-order valence-electron chi connectivity index (χ0n) is 17.2. The predicted molar refractivity (Wildman–Crippen MR) is 119 cm³/mol. The zero-order chi connectivity index (χ0) is 20.9. The number of ether oxygens (including phenoxy) is 1. The number of fused-ring (bicyclic) bond motifs is 1. The number of nitrogens with zero attached hydrogens (tertiary/aromatic N) is 2. The first-order chi connectivity index (χ1) is 14.7. The van der Waals surface area contributed by atoms with Crippen molar-refractivity contribution in [3.05, 3.63) is 90.5 Å². The van der Waals surface area contributed by atoms with Crippen molar-refractivity contribution in [2.75, 3.05) is 0 Å². The number of amides is 1. The first-order valence-corrected chi connectivity index (χ1v) is 10.2. The molecule has 152 valence electrons. The number of aromatic nitrogens is 2. The van der Waals surface area contributed by atoms with Crippen molar-refractivity contribution in [1.29, 1.82) is 0 Å². The first-order valence-electron chi connectivity index (χ1n) is 10.2. The molecule has 1 amide bonds. The van der Waals surface area contributed by atoms with Crippen molar-refractivity contribution in [2.45, 2.75) is 32.9 Å². The number of carbonyl (C=O) groups is 1. The Morgan fingerprint density at radius 3 is 2.57 bits per heavy atom. The predicted octanol–water partition coefficient (Wildman–Crippen LogP) is 4.81. The van der Waals surface area contributed by atoms with E-state index >= 15 is 0 Å². The Hall–Kier alpha value is -3.60. The molecule has 0 unspecified atom stereocenters. The van der Waals surface area contributed by atoms with Crippen molar-refractivity contribution >= 4 is 16.7 Å².